The molecule has 0 fully saturated rings. The van der Waals surface area contributed by atoms with Crippen LogP contribution in [0.3, 0.4) is 0 Å². The van der Waals surface area contributed by atoms with Gasteiger partial charge in [0.25, 0.3) is 5.69 Å². The smallest absolute Gasteiger partial charge is 0.387 e. The second kappa shape index (κ2) is 9.22. The number of methoxy groups -OCH3 is 1. The molecule has 0 bridgehead atoms. The van der Waals surface area contributed by atoms with E-state index in [-0.39, 0.29) is 29.4 Å². The topological polar surface area (TPSA) is 64.8 Å². The van der Waals surface area contributed by atoms with Gasteiger partial charge < -0.3 is 9.47 Å². The fourth-order valence-corrected chi connectivity index (χ4v) is 2.65. The van der Waals surface area contributed by atoms with Crippen LogP contribution >= 0.6 is 0 Å². The van der Waals surface area contributed by atoms with Crippen LogP contribution in [-0.4, -0.2) is 30.1 Å². The van der Waals surface area contributed by atoms with Crippen LogP contribution in [0.5, 0.6) is 11.5 Å². The number of nitrogens with zero attached hydrogens (tertiary/aromatic N) is 2. The predicted molar refractivity (Wildman–Crippen MR) is 92.5 cm³/mol. The Hall–Kier alpha value is -2.81. The van der Waals surface area contributed by atoms with Gasteiger partial charge in [-0.1, -0.05) is 19.1 Å². The second-order valence-corrected chi connectivity index (χ2v) is 5.70. The lowest BCUT2D eigenvalue weighted by atomic mass is 10.1. The maximum absolute atomic E-state index is 13.4. The molecular formula is C18H19F3N2O4. The van der Waals surface area contributed by atoms with Gasteiger partial charge in [-0.2, -0.15) is 8.78 Å². The lowest BCUT2D eigenvalue weighted by molar-refractivity contribution is -0.385. The molecule has 0 atom stereocenters. The Morgan fingerprint density at radius 3 is 2.48 bits per heavy atom. The quantitative estimate of drug-likeness (QED) is 0.475. The number of alkyl halides is 2. The molecule has 0 heterocycles. The van der Waals surface area contributed by atoms with Crippen LogP contribution in [-0.2, 0) is 13.1 Å². The van der Waals surface area contributed by atoms with Crippen LogP contribution in [0.15, 0.2) is 36.4 Å². The zero-order valence-corrected chi connectivity index (χ0v) is 14.8. The van der Waals surface area contributed by atoms with Crippen molar-refractivity contribution in [1.29, 1.82) is 0 Å². The molecule has 2 aromatic carbocycles. The molecule has 0 aliphatic heterocycles. The van der Waals surface area contributed by atoms with Crippen molar-refractivity contribution in [2.45, 2.75) is 26.6 Å². The first-order valence-electron chi connectivity index (χ1n) is 8.11. The van der Waals surface area contributed by atoms with Gasteiger partial charge in [0.2, 0.25) is 0 Å². The molecule has 0 amide bonds. The maximum atomic E-state index is 13.4. The molecule has 2 aromatic rings. The van der Waals surface area contributed by atoms with Crippen molar-refractivity contribution < 1.29 is 27.6 Å². The van der Waals surface area contributed by atoms with Crippen molar-refractivity contribution in [2.75, 3.05) is 13.7 Å². The van der Waals surface area contributed by atoms with Crippen molar-refractivity contribution in [2.24, 2.45) is 0 Å². The van der Waals surface area contributed by atoms with Gasteiger partial charge in [-0.25, -0.2) is 4.39 Å². The third-order valence-electron chi connectivity index (χ3n) is 3.91. The molecule has 6 nitrogen and oxygen atoms in total. The Bertz CT molecular complexity index is 802. The zero-order chi connectivity index (χ0) is 20.0. The monoisotopic (exact) mass is 384 g/mol. The summed E-state index contributed by atoms with van der Waals surface area (Å²) >= 11 is 0. The molecule has 0 aromatic heterocycles. The fourth-order valence-electron chi connectivity index (χ4n) is 2.65. The summed E-state index contributed by atoms with van der Waals surface area (Å²) in [5, 5.41) is 11.4. The van der Waals surface area contributed by atoms with Crippen molar-refractivity contribution in [3.05, 3.63) is 63.5 Å². The molecule has 0 saturated carbocycles. The lowest BCUT2D eigenvalue weighted by Gasteiger charge is -2.21. The second-order valence-electron chi connectivity index (χ2n) is 5.70. The Kier molecular flexibility index (Phi) is 7.00. The van der Waals surface area contributed by atoms with Gasteiger partial charge in [-0.3, -0.25) is 15.0 Å². The van der Waals surface area contributed by atoms with Gasteiger partial charge in [0.15, 0.2) is 11.5 Å². The average molecular weight is 384 g/mol. The molecule has 0 radical (unpaired) electrons. The van der Waals surface area contributed by atoms with Crippen LogP contribution in [0, 0.1) is 15.9 Å². The molecule has 2 rings (SSSR count). The molecule has 9 heteroatoms. The van der Waals surface area contributed by atoms with E-state index >= 15 is 0 Å². The third-order valence-corrected chi connectivity index (χ3v) is 3.91. The summed E-state index contributed by atoms with van der Waals surface area (Å²) in [4.78, 5) is 12.6. The molecule has 0 N–H and O–H groups in total. The SMILES string of the molecule is CCN(Cc1cccc(F)c1)Cc1cc(OC)c(OC(F)F)cc1[N+](=O)[O-]. The highest BCUT2D eigenvalue weighted by Gasteiger charge is 2.23. The van der Waals surface area contributed by atoms with E-state index < -0.39 is 17.3 Å². The van der Waals surface area contributed by atoms with E-state index in [1.54, 1.807) is 12.1 Å². The van der Waals surface area contributed by atoms with E-state index in [2.05, 4.69) is 4.74 Å². The number of nitro groups is 1. The summed E-state index contributed by atoms with van der Waals surface area (Å²) in [7, 11) is 1.26. The molecule has 27 heavy (non-hydrogen) atoms. The van der Waals surface area contributed by atoms with Crippen LogP contribution in [0.1, 0.15) is 18.1 Å². The maximum Gasteiger partial charge on any atom is 0.387 e. The first kappa shape index (κ1) is 20.5. The van der Waals surface area contributed by atoms with Gasteiger partial charge in [-0.15, -0.1) is 0 Å². The first-order chi connectivity index (χ1) is 12.8. The highest BCUT2D eigenvalue weighted by molar-refractivity contribution is 5.54. The Morgan fingerprint density at radius 1 is 1.19 bits per heavy atom. The van der Waals surface area contributed by atoms with Gasteiger partial charge in [0, 0.05) is 18.7 Å². The lowest BCUT2D eigenvalue weighted by Crippen LogP contribution is -2.23. The number of hydrogen-bond acceptors (Lipinski definition) is 5. The minimum Gasteiger partial charge on any atom is -0.493 e. The van der Waals surface area contributed by atoms with Gasteiger partial charge in [-0.05, 0) is 30.3 Å². The zero-order valence-electron chi connectivity index (χ0n) is 14.8. The van der Waals surface area contributed by atoms with E-state index in [0.717, 1.165) is 6.07 Å². The standard InChI is InChI=1S/C18H19F3N2O4/c1-3-22(10-12-5-4-6-14(19)7-12)11-13-8-16(26-2)17(27-18(20)21)9-15(13)23(24)25/h4-9,18H,3,10-11H2,1-2H3. The summed E-state index contributed by atoms with van der Waals surface area (Å²) in [5.74, 6) is -0.807. The number of rotatable bonds is 9. The molecule has 0 spiro atoms. The number of ether oxygens (including phenoxy) is 2. The summed E-state index contributed by atoms with van der Waals surface area (Å²) in [5.41, 5.74) is 0.630. The highest BCUT2D eigenvalue weighted by atomic mass is 19.3. The van der Waals surface area contributed by atoms with Crippen molar-refractivity contribution in [3.63, 3.8) is 0 Å². The summed E-state index contributed by atoms with van der Waals surface area (Å²) in [6.07, 6.45) is 0. The molecule has 146 valence electrons. The predicted octanol–water partition coefficient (Wildman–Crippen LogP) is 4.37. The van der Waals surface area contributed by atoms with E-state index in [1.165, 1.54) is 25.3 Å². The van der Waals surface area contributed by atoms with Crippen molar-refractivity contribution in [1.82, 2.24) is 4.90 Å². The minimum atomic E-state index is -3.13. The van der Waals surface area contributed by atoms with Crippen LogP contribution in [0.25, 0.3) is 0 Å². The summed E-state index contributed by atoms with van der Waals surface area (Å²) in [6, 6.07) is 8.29. The summed E-state index contributed by atoms with van der Waals surface area (Å²) in [6.45, 7) is -0.232. The Morgan fingerprint density at radius 2 is 1.93 bits per heavy atom. The Labute approximate surface area is 154 Å². The van der Waals surface area contributed by atoms with Crippen LogP contribution < -0.4 is 9.47 Å². The van der Waals surface area contributed by atoms with Crippen LogP contribution in [0.2, 0.25) is 0 Å². The first-order valence-corrected chi connectivity index (χ1v) is 8.11. The number of nitro benzene ring substituents is 1. The fraction of sp³-hybridized carbons (Fsp3) is 0.333. The number of hydrogen-bond donors (Lipinski definition) is 0. The highest BCUT2D eigenvalue weighted by Crippen LogP contribution is 2.36. The molecule has 0 aliphatic carbocycles. The molecule has 0 aliphatic rings. The largest absolute Gasteiger partial charge is 0.493 e. The number of benzene rings is 2. The van der Waals surface area contributed by atoms with Gasteiger partial charge in [0.1, 0.15) is 5.82 Å². The van der Waals surface area contributed by atoms with Crippen molar-refractivity contribution >= 4 is 5.69 Å². The molecule has 0 unspecified atom stereocenters. The van der Waals surface area contributed by atoms with E-state index in [4.69, 9.17) is 4.74 Å². The normalized spacial score (nSPS) is 11.1. The van der Waals surface area contributed by atoms with E-state index in [9.17, 15) is 23.3 Å². The molecular weight excluding hydrogens is 365 g/mol. The number of halogens is 3. The van der Waals surface area contributed by atoms with Crippen molar-refractivity contribution in [3.8, 4) is 11.5 Å². The third kappa shape index (κ3) is 5.58. The van der Waals surface area contributed by atoms with Crippen LogP contribution in [0.4, 0.5) is 18.9 Å². The van der Waals surface area contributed by atoms with Gasteiger partial charge >= 0.3 is 6.61 Å². The average Bonchev–Trinajstić information content (AvgIpc) is 2.61. The Balaban J connectivity index is 2.32. The van der Waals surface area contributed by atoms with E-state index in [0.29, 0.717) is 18.7 Å². The molecule has 0 saturated heterocycles. The minimum absolute atomic E-state index is 0.0299. The van der Waals surface area contributed by atoms with E-state index in [1.807, 2.05) is 11.8 Å². The summed E-state index contributed by atoms with van der Waals surface area (Å²) < 4.78 is 47.7. The van der Waals surface area contributed by atoms with Gasteiger partial charge in [0.05, 0.1) is 18.1 Å².